The minimum absolute atomic E-state index is 0.278. The van der Waals surface area contributed by atoms with Gasteiger partial charge in [0.05, 0.1) is 12.3 Å². The average Bonchev–Trinajstić information content (AvgIpc) is 2.38. The van der Waals surface area contributed by atoms with Crippen molar-refractivity contribution in [2.75, 3.05) is 0 Å². The van der Waals surface area contributed by atoms with E-state index in [1.807, 2.05) is 0 Å². The number of nitrogens with one attached hydrogen (secondary N) is 1. The number of hydrogen-bond donors (Lipinski definition) is 3. The van der Waals surface area contributed by atoms with Crippen LogP contribution in [0.4, 0.5) is 0 Å². The minimum Gasteiger partial charge on any atom is -0.481 e. The topological polar surface area (TPSA) is 109 Å². The molecule has 0 aliphatic carbocycles. The smallest absolute Gasteiger partial charge is 0.316 e. The monoisotopic (exact) mass is 292 g/mol. The molecule has 7 heteroatoms. The largest absolute Gasteiger partial charge is 0.481 e. The molecular formula is C14H16N2O5. The van der Waals surface area contributed by atoms with E-state index in [1.165, 1.54) is 6.20 Å². The van der Waals surface area contributed by atoms with Gasteiger partial charge in [0.1, 0.15) is 11.7 Å². The second kappa shape index (κ2) is 4.42. The van der Waals surface area contributed by atoms with Gasteiger partial charge in [0.2, 0.25) is 5.91 Å². The molecule has 21 heavy (non-hydrogen) atoms. The number of carbonyl (C=O) groups excluding carboxylic acids is 1. The number of aryl methyl sites for hydroxylation is 1. The average molecular weight is 292 g/mol. The molecule has 1 saturated heterocycles. The normalized spacial score (nSPS) is 30.1. The summed E-state index contributed by atoms with van der Waals surface area (Å²) >= 11 is 0. The Morgan fingerprint density at radius 3 is 2.95 bits per heavy atom. The summed E-state index contributed by atoms with van der Waals surface area (Å²) < 4.78 is 5.86. The molecule has 1 aromatic heterocycles. The van der Waals surface area contributed by atoms with Crippen molar-refractivity contribution in [2.45, 2.75) is 38.5 Å². The number of carboxylic acids is 1. The molecule has 3 atom stereocenters. The number of aliphatic carboxylic acids is 1. The highest BCUT2D eigenvalue weighted by molar-refractivity contribution is 5.99. The van der Waals surface area contributed by atoms with Crippen LogP contribution in [0, 0.1) is 12.8 Å². The second-order valence-electron chi connectivity index (χ2n) is 5.72. The van der Waals surface area contributed by atoms with Crippen LogP contribution in [0.25, 0.3) is 0 Å². The Kier molecular flexibility index (Phi) is 2.91. The Bertz CT molecular complexity index is 644. The van der Waals surface area contributed by atoms with Gasteiger partial charge in [0.25, 0.3) is 0 Å². The fraction of sp³-hybridized carbons (Fsp3) is 0.500. The van der Waals surface area contributed by atoms with Gasteiger partial charge >= 0.3 is 5.97 Å². The Hall–Kier alpha value is -2.15. The van der Waals surface area contributed by atoms with Gasteiger partial charge in [0, 0.05) is 29.7 Å². The fourth-order valence-corrected chi connectivity index (χ4v) is 3.26. The summed E-state index contributed by atoms with van der Waals surface area (Å²) in [5.74, 6) is -3.00. The fourth-order valence-electron chi connectivity index (χ4n) is 3.26. The molecule has 3 heterocycles. The number of rotatable bonds is 2. The number of fused-ring (bicyclic) bond motifs is 4. The molecule has 2 aliphatic rings. The van der Waals surface area contributed by atoms with Crippen molar-refractivity contribution in [1.82, 2.24) is 10.3 Å². The van der Waals surface area contributed by atoms with Crippen LogP contribution in [0.2, 0.25) is 0 Å². The van der Waals surface area contributed by atoms with E-state index in [4.69, 9.17) is 4.74 Å². The van der Waals surface area contributed by atoms with Gasteiger partial charge in [-0.15, -0.1) is 0 Å². The first kappa shape index (κ1) is 13.8. The minimum atomic E-state index is -1.19. The zero-order valence-corrected chi connectivity index (χ0v) is 11.7. The van der Waals surface area contributed by atoms with Crippen LogP contribution in [0.3, 0.4) is 0 Å². The number of ether oxygens (including phenoxy) is 1. The number of piperidine rings is 1. The van der Waals surface area contributed by atoms with E-state index in [0.29, 0.717) is 29.0 Å². The van der Waals surface area contributed by atoms with Crippen molar-refractivity contribution in [1.29, 1.82) is 0 Å². The van der Waals surface area contributed by atoms with E-state index in [1.54, 1.807) is 13.8 Å². The number of aromatic nitrogens is 1. The molecule has 2 bridgehead atoms. The first-order valence-electron chi connectivity index (χ1n) is 6.69. The van der Waals surface area contributed by atoms with E-state index in [-0.39, 0.29) is 6.61 Å². The van der Waals surface area contributed by atoms with Gasteiger partial charge in [-0.05, 0) is 13.8 Å². The highest BCUT2D eigenvalue weighted by atomic mass is 16.5. The molecule has 1 fully saturated rings. The first-order chi connectivity index (χ1) is 9.86. The van der Waals surface area contributed by atoms with Crippen LogP contribution in [-0.4, -0.2) is 32.8 Å². The van der Waals surface area contributed by atoms with Crippen LogP contribution in [0.5, 0.6) is 5.75 Å². The highest BCUT2D eigenvalue weighted by Crippen LogP contribution is 2.48. The van der Waals surface area contributed by atoms with Crippen LogP contribution < -0.4 is 10.1 Å². The van der Waals surface area contributed by atoms with Crippen molar-refractivity contribution in [3.8, 4) is 5.75 Å². The molecular weight excluding hydrogens is 276 g/mol. The third-order valence-corrected chi connectivity index (χ3v) is 4.15. The summed E-state index contributed by atoms with van der Waals surface area (Å²) in [6.45, 7) is 3.19. The van der Waals surface area contributed by atoms with Gasteiger partial charge < -0.3 is 20.3 Å². The highest BCUT2D eigenvalue weighted by Gasteiger charge is 2.52. The van der Waals surface area contributed by atoms with E-state index < -0.39 is 29.4 Å². The van der Waals surface area contributed by atoms with Gasteiger partial charge in [0.15, 0.2) is 5.72 Å². The standard InChI is InChI=1S/C14H16N2O5/c1-6-11-9(7(5-17)4-15-6)8-3-14(2,21-11)16-12(18)10(8)13(19)20/h4,8,10,17H,3,5H2,1-2H3,(H,16,18)(H,19,20). The van der Waals surface area contributed by atoms with Crippen molar-refractivity contribution < 1.29 is 24.5 Å². The Balaban J connectivity index is 2.23. The first-order valence-corrected chi connectivity index (χ1v) is 6.69. The number of aliphatic hydroxyl groups is 1. The van der Waals surface area contributed by atoms with Gasteiger partial charge in [-0.25, -0.2) is 0 Å². The number of nitrogens with zero attached hydrogens (tertiary/aromatic N) is 1. The lowest BCUT2D eigenvalue weighted by molar-refractivity contribution is -0.156. The second-order valence-corrected chi connectivity index (χ2v) is 5.72. The lowest BCUT2D eigenvalue weighted by Gasteiger charge is -2.46. The maximum Gasteiger partial charge on any atom is 0.316 e. The summed E-state index contributed by atoms with van der Waals surface area (Å²) in [6.07, 6.45) is 1.85. The third-order valence-electron chi connectivity index (χ3n) is 4.15. The van der Waals surface area contributed by atoms with E-state index in [2.05, 4.69) is 10.3 Å². The van der Waals surface area contributed by atoms with Gasteiger partial charge in [-0.1, -0.05) is 0 Å². The molecule has 2 aliphatic heterocycles. The quantitative estimate of drug-likeness (QED) is 0.676. The number of carboxylic acid groups (broad SMARTS) is 1. The number of carbonyl (C=O) groups is 2. The zero-order chi connectivity index (χ0) is 15.4. The number of aliphatic hydroxyl groups excluding tert-OH is 1. The molecule has 112 valence electrons. The molecule has 3 rings (SSSR count). The summed E-state index contributed by atoms with van der Waals surface area (Å²) in [6, 6.07) is 0. The molecule has 3 N–H and O–H groups in total. The van der Waals surface area contributed by atoms with Crippen LogP contribution in [0.1, 0.15) is 36.1 Å². The molecule has 7 nitrogen and oxygen atoms in total. The lowest BCUT2D eigenvalue weighted by atomic mass is 9.73. The predicted molar refractivity (Wildman–Crippen MR) is 70.6 cm³/mol. The Labute approximate surface area is 120 Å². The maximum atomic E-state index is 12.1. The van der Waals surface area contributed by atoms with E-state index >= 15 is 0 Å². The van der Waals surface area contributed by atoms with Gasteiger partial charge in [-0.3, -0.25) is 14.6 Å². The molecule has 0 saturated carbocycles. The Morgan fingerprint density at radius 1 is 1.62 bits per heavy atom. The van der Waals surface area contributed by atoms with Crippen molar-refractivity contribution in [2.24, 2.45) is 5.92 Å². The summed E-state index contributed by atoms with van der Waals surface area (Å²) in [5.41, 5.74) is 0.757. The van der Waals surface area contributed by atoms with Crippen LogP contribution in [-0.2, 0) is 16.2 Å². The summed E-state index contributed by atoms with van der Waals surface area (Å²) in [4.78, 5) is 27.7. The molecule has 0 aromatic carbocycles. The van der Waals surface area contributed by atoms with Crippen molar-refractivity contribution in [3.63, 3.8) is 0 Å². The third kappa shape index (κ3) is 1.96. The summed E-state index contributed by atoms with van der Waals surface area (Å²) in [5, 5.41) is 21.5. The number of amides is 1. The number of pyridine rings is 1. The molecule has 0 radical (unpaired) electrons. The van der Waals surface area contributed by atoms with E-state index in [9.17, 15) is 19.8 Å². The lowest BCUT2D eigenvalue weighted by Crippen LogP contribution is -2.62. The predicted octanol–water partition coefficient (Wildman–Crippen LogP) is 0.295. The van der Waals surface area contributed by atoms with Crippen LogP contribution >= 0.6 is 0 Å². The molecule has 1 amide bonds. The van der Waals surface area contributed by atoms with Crippen molar-refractivity contribution in [3.05, 3.63) is 23.0 Å². The van der Waals surface area contributed by atoms with Crippen molar-refractivity contribution >= 4 is 11.9 Å². The summed E-state index contributed by atoms with van der Waals surface area (Å²) in [7, 11) is 0. The SMILES string of the molecule is Cc1ncc(CO)c2c1OC1(C)CC2C(C(=O)O)C(=O)N1. The van der Waals surface area contributed by atoms with Gasteiger partial charge in [-0.2, -0.15) is 0 Å². The molecule has 1 aromatic rings. The Morgan fingerprint density at radius 2 is 2.33 bits per heavy atom. The van der Waals surface area contributed by atoms with E-state index in [0.717, 1.165) is 0 Å². The zero-order valence-electron chi connectivity index (χ0n) is 11.7. The number of hydrogen-bond acceptors (Lipinski definition) is 5. The van der Waals surface area contributed by atoms with Crippen LogP contribution in [0.15, 0.2) is 6.20 Å². The maximum absolute atomic E-state index is 12.1. The molecule has 0 spiro atoms. The molecule has 3 unspecified atom stereocenters.